The Balaban J connectivity index is 3.09. The fraction of sp³-hybridized carbons (Fsp3) is 0.667. The van der Waals surface area contributed by atoms with Crippen molar-refractivity contribution in [2.75, 3.05) is 30.9 Å². The third-order valence-corrected chi connectivity index (χ3v) is 2.24. The lowest BCUT2D eigenvalue weighted by Gasteiger charge is -2.22. The molecule has 5 nitrogen and oxygen atoms in total. The van der Waals surface area contributed by atoms with Gasteiger partial charge in [0.2, 0.25) is 17.2 Å². The second kappa shape index (κ2) is 4.61. The first-order valence-electron chi connectivity index (χ1n) is 4.73. The quantitative estimate of drug-likeness (QED) is 0.785. The third-order valence-electron chi connectivity index (χ3n) is 2.07. The van der Waals surface area contributed by atoms with Crippen LogP contribution in [0.25, 0.3) is 0 Å². The van der Waals surface area contributed by atoms with E-state index in [-0.39, 0.29) is 5.28 Å². The van der Waals surface area contributed by atoms with Crippen molar-refractivity contribution in [2.24, 2.45) is 0 Å². The van der Waals surface area contributed by atoms with Gasteiger partial charge in [-0.2, -0.15) is 15.0 Å². The van der Waals surface area contributed by atoms with Crippen LogP contribution in [0.15, 0.2) is 0 Å². The Kier molecular flexibility index (Phi) is 3.68. The van der Waals surface area contributed by atoms with E-state index in [9.17, 15) is 0 Å². The van der Waals surface area contributed by atoms with Gasteiger partial charge in [-0.25, -0.2) is 0 Å². The SMILES string of the molecule is CC(C)N(C)c1nc(Cl)nc(N(C)C)n1. The number of hydrogen-bond donors (Lipinski definition) is 0. The molecule has 0 aliphatic heterocycles. The Hall–Kier alpha value is -1.10. The van der Waals surface area contributed by atoms with Gasteiger partial charge in [0.15, 0.2) is 0 Å². The van der Waals surface area contributed by atoms with Crippen molar-refractivity contribution in [1.29, 1.82) is 0 Å². The number of hydrogen-bond acceptors (Lipinski definition) is 5. The van der Waals surface area contributed by atoms with Crippen molar-refractivity contribution in [1.82, 2.24) is 15.0 Å². The van der Waals surface area contributed by atoms with Crippen molar-refractivity contribution in [2.45, 2.75) is 19.9 Å². The molecule has 0 N–H and O–H groups in total. The number of halogens is 1. The van der Waals surface area contributed by atoms with Crippen LogP contribution in [0.3, 0.4) is 0 Å². The molecule has 0 bridgehead atoms. The summed E-state index contributed by atoms with van der Waals surface area (Å²) in [6, 6.07) is 0.318. The van der Waals surface area contributed by atoms with Crippen molar-refractivity contribution >= 4 is 23.5 Å². The molecular weight excluding hydrogens is 214 g/mol. The predicted molar refractivity (Wildman–Crippen MR) is 62.7 cm³/mol. The Labute approximate surface area is 95.1 Å². The molecule has 6 heteroatoms. The van der Waals surface area contributed by atoms with Crippen LogP contribution in [0.1, 0.15) is 13.8 Å². The van der Waals surface area contributed by atoms with Crippen LogP contribution in [0.2, 0.25) is 5.28 Å². The monoisotopic (exact) mass is 229 g/mol. The van der Waals surface area contributed by atoms with Crippen LogP contribution in [0.5, 0.6) is 0 Å². The summed E-state index contributed by atoms with van der Waals surface area (Å²) in [6.07, 6.45) is 0. The Morgan fingerprint density at radius 3 is 2.00 bits per heavy atom. The zero-order chi connectivity index (χ0) is 11.6. The summed E-state index contributed by atoms with van der Waals surface area (Å²) in [4.78, 5) is 16.1. The number of anilines is 2. The molecule has 84 valence electrons. The Morgan fingerprint density at radius 2 is 1.53 bits per heavy atom. The maximum atomic E-state index is 5.83. The average molecular weight is 230 g/mol. The molecule has 0 saturated carbocycles. The van der Waals surface area contributed by atoms with Gasteiger partial charge in [0.25, 0.3) is 0 Å². The van der Waals surface area contributed by atoms with Crippen LogP contribution in [-0.4, -0.2) is 42.1 Å². The minimum absolute atomic E-state index is 0.219. The molecule has 0 unspecified atom stereocenters. The van der Waals surface area contributed by atoms with Gasteiger partial charge in [-0.1, -0.05) is 0 Å². The minimum Gasteiger partial charge on any atom is -0.347 e. The molecule has 0 radical (unpaired) electrons. The fourth-order valence-corrected chi connectivity index (χ4v) is 1.07. The normalized spacial score (nSPS) is 10.6. The summed E-state index contributed by atoms with van der Waals surface area (Å²) in [6.45, 7) is 4.13. The average Bonchev–Trinajstić information content (AvgIpc) is 2.15. The highest BCUT2D eigenvalue weighted by molar-refractivity contribution is 6.28. The van der Waals surface area contributed by atoms with Crippen molar-refractivity contribution in [3.8, 4) is 0 Å². The largest absolute Gasteiger partial charge is 0.347 e. The van der Waals surface area contributed by atoms with Gasteiger partial charge in [-0.05, 0) is 25.4 Å². The van der Waals surface area contributed by atoms with E-state index in [0.717, 1.165) is 0 Å². The highest BCUT2D eigenvalue weighted by Gasteiger charge is 2.12. The molecule has 0 saturated heterocycles. The molecule has 0 aliphatic carbocycles. The van der Waals surface area contributed by atoms with Crippen molar-refractivity contribution < 1.29 is 0 Å². The summed E-state index contributed by atoms with van der Waals surface area (Å²) < 4.78 is 0. The minimum atomic E-state index is 0.219. The maximum Gasteiger partial charge on any atom is 0.231 e. The molecular formula is C9H16ClN5. The molecule has 0 fully saturated rings. The highest BCUT2D eigenvalue weighted by atomic mass is 35.5. The van der Waals surface area contributed by atoms with E-state index < -0.39 is 0 Å². The zero-order valence-corrected chi connectivity index (χ0v) is 10.4. The van der Waals surface area contributed by atoms with E-state index in [4.69, 9.17) is 11.6 Å². The number of rotatable bonds is 3. The molecule has 0 aliphatic rings. The number of aromatic nitrogens is 3. The van der Waals surface area contributed by atoms with Crippen molar-refractivity contribution in [3.63, 3.8) is 0 Å². The highest BCUT2D eigenvalue weighted by Crippen LogP contribution is 2.15. The Bertz CT molecular complexity index is 339. The zero-order valence-electron chi connectivity index (χ0n) is 9.69. The second-order valence-corrected chi connectivity index (χ2v) is 4.14. The van der Waals surface area contributed by atoms with Crippen LogP contribution >= 0.6 is 11.6 Å². The van der Waals surface area contributed by atoms with Gasteiger partial charge in [0.05, 0.1) is 0 Å². The molecule has 15 heavy (non-hydrogen) atoms. The first kappa shape index (κ1) is 12.0. The summed E-state index contributed by atoms with van der Waals surface area (Å²) in [7, 11) is 5.66. The van der Waals surface area contributed by atoms with Gasteiger partial charge in [0, 0.05) is 27.2 Å². The van der Waals surface area contributed by atoms with Gasteiger partial charge >= 0.3 is 0 Å². The fourth-order valence-electron chi connectivity index (χ4n) is 0.918. The molecule has 0 aromatic carbocycles. The van der Waals surface area contributed by atoms with Gasteiger partial charge in [0.1, 0.15) is 0 Å². The van der Waals surface area contributed by atoms with Crippen LogP contribution in [0.4, 0.5) is 11.9 Å². The predicted octanol–water partition coefficient (Wildman–Crippen LogP) is 1.44. The molecule has 1 aromatic rings. The molecule has 1 heterocycles. The summed E-state index contributed by atoms with van der Waals surface area (Å²) >= 11 is 5.83. The summed E-state index contributed by atoms with van der Waals surface area (Å²) in [5.41, 5.74) is 0. The summed E-state index contributed by atoms with van der Waals surface area (Å²) in [5, 5.41) is 0.219. The van der Waals surface area contributed by atoms with E-state index in [1.165, 1.54) is 0 Å². The third kappa shape index (κ3) is 2.92. The standard InChI is InChI=1S/C9H16ClN5/c1-6(2)15(5)9-12-7(10)11-8(13-9)14(3)4/h6H,1-5H3. The molecule has 0 atom stereocenters. The van der Waals surface area contributed by atoms with E-state index >= 15 is 0 Å². The topological polar surface area (TPSA) is 45.2 Å². The molecule has 1 rings (SSSR count). The van der Waals surface area contributed by atoms with Gasteiger partial charge < -0.3 is 9.80 Å². The summed E-state index contributed by atoms with van der Waals surface area (Å²) in [5.74, 6) is 1.16. The van der Waals surface area contributed by atoms with Gasteiger partial charge in [-0.3, -0.25) is 0 Å². The van der Waals surface area contributed by atoms with Crippen molar-refractivity contribution in [3.05, 3.63) is 5.28 Å². The number of nitrogens with zero attached hydrogens (tertiary/aromatic N) is 5. The lowest BCUT2D eigenvalue weighted by Crippen LogP contribution is -2.28. The van der Waals surface area contributed by atoms with E-state index in [2.05, 4.69) is 28.8 Å². The van der Waals surface area contributed by atoms with Crippen LogP contribution in [0, 0.1) is 0 Å². The first-order chi connectivity index (χ1) is 6.91. The lowest BCUT2D eigenvalue weighted by molar-refractivity contribution is 0.723. The van der Waals surface area contributed by atoms with Crippen LogP contribution in [-0.2, 0) is 0 Å². The van der Waals surface area contributed by atoms with Crippen LogP contribution < -0.4 is 9.80 Å². The Morgan fingerprint density at radius 1 is 1.00 bits per heavy atom. The first-order valence-corrected chi connectivity index (χ1v) is 5.11. The lowest BCUT2D eigenvalue weighted by atomic mass is 10.4. The maximum absolute atomic E-state index is 5.83. The van der Waals surface area contributed by atoms with E-state index in [1.807, 2.05) is 26.0 Å². The van der Waals surface area contributed by atoms with E-state index in [1.54, 1.807) is 4.90 Å². The van der Waals surface area contributed by atoms with E-state index in [0.29, 0.717) is 17.9 Å². The second-order valence-electron chi connectivity index (χ2n) is 3.80. The molecule has 0 spiro atoms. The van der Waals surface area contributed by atoms with Gasteiger partial charge in [-0.15, -0.1) is 0 Å². The smallest absolute Gasteiger partial charge is 0.231 e. The molecule has 0 amide bonds. The molecule has 1 aromatic heterocycles.